The van der Waals surface area contributed by atoms with Crippen molar-refractivity contribution in [3.05, 3.63) is 59.7 Å². The van der Waals surface area contributed by atoms with Crippen LogP contribution in [0.15, 0.2) is 59.3 Å². The lowest BCUT2D eigenvalue weighted by molar-refractivity contribution is 0.0558. The first kappa shape index (κ1) is 11.5. The molecule has 0 aliphatic heterocycles. The average molecular weight is 235 g/mol. The molecule has 17 heavy (non-hydrogen) atoms. The van der Waals surface area contributed by atoms with Crippen LogP contribution in [0.2, 0.25) is 0 Å². The fraction of sp³-hybridized carbons (Fsp3) is 0.154. The second-order valence-corrected chi connectivity index (χ2v) is 3.80. The van der Waals surface area contributed by atoms with E-state index in [-0.39, 0.29) is 5.71 Å². The summed E-state index contributed by atoms with van der Waals surface area (Å²) in [6, 6.07) is 8.76. The SMILES string of the molecule is ON=C(C1=CC=CC(F)(F)C1)c1ccccc1. The van der Waals surface area contributed by atoms with Crippen LogP contribution in [0.1, 0.15) is 12.0 Å². The minimum Gasteiger partial charge on any atom is -0.410 e. The van der Waals surface area contributed by atoms with Crippen LogP contribution in [0, 0.1) is 0 Å². The van der Waals surface area contributed by atoms with Crippen molar-refractivity contribution in [2.45, 2.75) is 12.3 Å². The molecule has 0 fully saturated rings. The van der Waals surface area contributed by atoms with Gasteiger partial charge in [-0.2, -0.15) is 0 Å². The minimum atomic E-state index is -2.88. The molecule has 0 spiro atoms. The van der Waals surface area contributed by atoms with Gasteiger partial charge < -0.3 is 5.21 Å². The number of hydrogen-bond acceptors (Lipinski definition) is 2. The third kappa shape index (κ3) is 2.58. The largest absolute Gasteiger partial charge is 0.410 e. The third-order valence-corrected chi connectivity index (χ3v) is 2.52. The smallest absolute Gasteiger partial charge is 0.270 e. The van der Waals surface area contributed by atoms with E-state index in [1.54, 1.807) is 30.3 Å². The molecule has 1 aromatic rings. The summed E-state index contributed by atoms with van der Waals surface area (Å²) in [5.74, 6) is -2.88. The Bertz CT molecular complexity index is 489. The summed E-state index contributed by atoms with van der Waals surface area (Å²) in [4.78, 5) is 0. The van der Waals surface area contributed by atoms with Crippen LogP contribution in [-0.4, -0.2) is 16.8 Å². The molecule has 4 heteroatoms. The zero-order valence-corrected chi connectivity index (χ0v) is 8.98. The lowest BCUT2D eigenvalue weighted by Gasteiger charge is -2.18. The minimum absolute atomic E-state index is 0.189. The summed E-state index contributed by atoms with van der Waals surface area (Å²) < 4.78 is 26.4. The number of allylic oxidation sites excluding steroid dienone is 4. The fourth-order valence-corrected chi connectivity index (χ4v) is 1.74. The Balaban J connectivity index is 2.34. The first-order chi connectivity index (χ1) is 8.12. The molecule has 0 atom stereocenters. The van der Waals surface area contributed by atoms with Crippen LogP contribution in [0.25, 0.3) is 0 Å². The summed E-state index contributed by atoms with van der Waals surface area (Å²) in [7, 11) is 0. The molecule has 0 saturated heterocycles. The van der Waals surface area contributed by atoms with Crippen molar-refractivity contribution in [2.75, 3.05) is 0 Å². The predicted molar refractivity (Wildman–Crippen MR) is 61.6 cm³/mol. The predicted octanol–water partition coefficient (Wildman–Crippen LogP) is 3.39. The fourth-order valence-electron chi connectivity index (χ4n) is 1.74. The molecular weight excluding hydrogens is 224 g/mol. The van der Waals surface area contributed by atoms with Crippen molar-refractivity contribution in [3.63, 3.8) is 0 Å². The zero-order valence-electron chi connectivity index (χ0n) is 8.98. The monoisotopic (exact) mass is 235 g/mol. The number of hydrogen-bond donors (Lipinski definition) is 1. The number of halogens is 2. The van der Waals surface area contributed by atoms with Gasteiger partial charge in [0.1, 0.15) is 5.71 Å². The van der Waals surface area contributed by atoms with Gasteiger partial charge in [0.25, 0.3) is 5.92 Å². The van der Waals surface area contributed by atoms with Crippen LogP contribution in [-0.2, 0) is 0 Å². The highest BCUT2D eigenvalue weighted by Gasteiger charge is 2.30. The van der Waals surface area contributed by atoms with Crippen molar-refractivity contribution in [1.29, 1.82) is 0 Å². The van der Waals surface area contributed by atoms with Crippen molar-refractivity contribution in [1.82, 2.24) is 0 Å². The van der Waals surface area contributed by atoms with Crippen molar-refractivity contribution >= 4 is 5.71 Å². The Labute approximate surface area is 97.6 Å². The molecule has 2 nitrogen and oxygen atoms in total. The summed E-state index contributed by atoms with van der Waals surface area (Å²) >= 11 is 0. The molecule has 0 bridgehead atoms. The van der Waals surface area contributed by atoms with Gasteiger partial charge in [0.2, 0.25) is 0 Å². The number of rotatable bonds is 2. The lowest BCUT2D eigenvalue weighted by Crippen LogP contribution is -2.20. The number of benzene rings is 1. The molecule has 0 radical (unpaired) electrons. The standard InChI is InChI=1S/C13H11F2NO/c14-13(15)8-4-7-11(9-13)12(16-17)10-5-2-1-3-6-10/h1-8,17H,9H2. The Morgan fingerprint density at radius 1 is 1.24 bits per heavy atom. The number of oxime groups is 1. The normalized spacial score (nSPS) is 18.9. The van der Waals surface area contributed by atoms with Gasteiger partial charge in [0.05, 0.1) is 0 Å². The van der Waals surface area contributed by atoms with Gasteiger partial charge in [-0.25, -0.2) is 8.78 Å². The van der Waals surface area contributed by atoms with Crippen LogP contribution in [0.3, 0.4) is 0 Å². The molecule has 1 aliphatic carbocycles. The average Bonchev–Trinajstić information content (AvgIpc) is 2.30. The number of alkyl halides is 2. The summed E-state index contributed by atoms with van der Waals surface area (Å²) in [5, 5.41) is 12.1. The highest BCUT2D eigenvalue weighted by atomic mass is 19.3. The molecule has 0 unspecified atom stereocenters. The molecule has 1 N–H and O–H groups in total. The van der Waals surface area contributed by atoms with Gasteiger partial charge >= 0.3 is 0 Å². The Morgan fingerprint density at radius 2 is 1.94 bits per heavy atom. The summed E-state index contributed by atoms with van der Waals surface area (Å²) in [6.45, 7) is 0. The Kier molecular flexibility index (Phi) is 3.04. The first-order valence-electron chi connectivity index (χ1n) is 5.16. The molecule has 0 amide bonds. The lowest BCUT2D eigenvalue weighted by atomic mass is 9.94. The van der Waals surface area contributed by atoms with Crippen molar-refractivity contribution in [2.24, 2.45) is 5.16 Å². The van der Waals surface area contributed by atoms with E-state index in [9.17, 15) is 8.78 Å². The molecular formula is C13H11F2NO. The van der Waals surface area contributed by atoms with Gasteiger partial charge in [-0.3, -0.25) is 0 Å². The van der Waals surface area contributed by atoms with E-state index < -0.39 is 12.3 Å². The maximum absolute atomic E-state index is 13.2. The van der Waals surface area contributed by atoms with Crippen molar-refractivity contribution < 1.29 is 14.0 Å². The van der Waals surface area contributed by atoms with Crippen LogP contribution < -0.4 is 0 Å². The first-order valence-corrected chi connectivity index (χ1v) is 5.16. The maximum atomic E-state index is 13.2. The maximum Gasteiger partial charge on any atom is 0.270 e. The van der Waals surface area contributed by atoms with Gasteiger partial charge in [-0.1, -0.05) is 47.6 Å². The Hall–Kier alpha value is -1.97. The highest BCUT2D eigenvalue weighted by Crippen LogP contribution is 2.30. The Morgan fingerprint density at radius 3 is 2.53 bits per heavy atom. The quantitative estimate of drug-likeness (QED) is 0.475. The van der Waals surface area contributed by atoms with Gasteiger partial charge in [0.15, 0.2) is 0 Å². The van der Waals surface area contributed by atoms with Gasteiger partial charge in [-0.15, -0.1) is 0 Å². The third-order valence-electron chi connectivity index (χ3n) is 2.52. The van der Waals surface area contributed by atoms with Gasteiger partial charge in [0, 0.05) is 12.0 Å². The van der Waals surface area contributed by atoms with E-state index >= 15 is 0 Å². The molecule has 2 rings (SSSR count). The molecule has 88 valence electrons. The van der Waals surface area contributed by atoms with Crippen LogP contribution in [0.4, 0.5) is 8.78 Å². The van der Waals surface area contributed by atoms with Gasteiger partial charge in [-0.05, 0) is 11.6 Å². The topological polar surface area (TPSA) is 32.6 Å². The molecule has 1 aromatic carbocycles. The summed E-state index contributed by atoms with van der Waals surface area (Å²) in [6.07, 6.45) is 3.22. The second kappa shape index (κ2) is 4.49. The zero-order chi connectivity index (χ0) is 12.3. The van der Waals surface area contributed by atoms with Crippen molar-refractivity contribution in [3.8, 4) is 0 Å². The molecule has 0 aromatic heterocycles. The van der Waals surface area contributed by atoms with Crippen LogP contribution >= 0.6 is 0 Å². The van der Waals surface area contributed by atoms with E-state index in [0.29, 0.717) is 11.1 Å². The van der Waals surface area contributed by atoms with E-state index in [1.165, 1.54) is 6.08 Å². The molecule has 0 heterocycles. The number of nitrogens with zero attached hydrogens (tertiary/aromatic N) is 1. The van der Waals surface area contributed by atoms with E-state index in [1.807, 2.05) is 6.07 Å². The summed E-state index contributed by atoms with van der Waals surface area (Å²) in [5.41, 5.74) is 1.13. The second-order valence-electron chi connectivity index (χ2n) is 3.80. The highest BCUT2D eigenvalue weighted by molar-refractivity contribution is 6.12. The van der Waals surface area contributed by atoms with E-state index in [2.05, 4.69) is 5.16 Å². The molecule has 1 aliphatic rings. The molecule has 0 saturated carbocycles. The van der Waals surface area contributed by atoms with Crippen LogP contribution in [0.5, 0.6) is 0 Å². The van der Waals surface area contributed by atoms with E-state index in [4.69, 9.17) is 5.21 Å². The van der Waals surface area contributed by atoms with E-state index in [0.717, 1.165) is 6.08 Å².